The molecule has 0 aliphatic carbocycles. The summed E-state index contributed by atoms with van der Waals surface area (Å²) in [5.41, 5.74) is -0.915. The third-order valence-electron chi connectivity index (χ3n) is 3.38. The van der Waals surface area contributed by atoms with Crippen LogP contribution < -0.4 is 10.0 Å². The lowest BCUT2D eigenvalue weighted by molar-refractivity contribution is -0.141. The van der Waals surface area contributed by atoms with Gasteiger partial charge in [0.1, 0.15) is 16.7 Å². The number of carbonyl (C=O) groups excluding carboxylic acids is 1. The normalized spacial score (nSPS) is 12.2. The number of amides is 1. The number of aromatic nitrogens is 1. The summed E-state index contributed by atoms with van der Waals surface area (Å²) in [6, 6.07) is 5.48. The third-order valence-corrected chi connectivity index (χ3v) is 4.27. The summed E-state index contributed by atoms with van der Waals surface area (Å²) in [4.78, 5) is 15.1. The molecule has 2 aromatic rings. The molecule has 0 aliphatic heterocycles. The fraction of sp³-hybridized carbons (Fsp3) is 0.176. The Morgan fingerprint density at radius 3 is 2.48 bits per heavy atom. The first kappa shape index (κ1) is 22.6. The summed E-state index contributed by atoms with van der Waals surface area (Å²) in [6.45, 7) is -0.0712. The highest BCUT2D eigenvalue weighted by atomic mass is 35.5. The summed E-state index contributed by atoms with van der Waals surface area (Å²) in [7, 11) is -3.63. The van der Waals surface area contributed by atoms with E-state index in [9.17, 15) is 30.8 Å². The van der Waals surface area contributed by atoms with Gasteiger partial charge in [-0.25, -0.2) is 17.8 Å². The van der Waals surface area contributed by atoms with Crippen LogP contribution in [-0.4, -0.2) is 25.6 Å². The van der Waals surface area contributed by atoms with Crippen LogP contribution in [0.15, 0.2) is 36.4 Å². The van der Waals surface area contributed by atoms with Gasteiger partial charge in [0.25, 0.3) is 0 Å². The molecule has 2 rings (SSSR count). The Morgan fingerprint density at radius 1 is 1.24 bits per heavy atom. The van der Waals surface area contributed by atoms with E-state index in [2.05, 4.69) is 10.3 Å². The molecule has 0 fully saturated rings. The van der Waals surface area contributed by atoms with Crippen LogP contribution >= 0.6 is 11.6 Å². The highest BCUT2D eigenvalue weighted by Gasteiger charge is 2.32. The van der Waals surface area contributed by atoms with Crippen molar-refractivity contribution in [3.05, 3.63) is 64.2 Å². The Labute approximate surface area is 168 Å². The molecular formula is C17H14ClF4N3O3S. The summed E-state index contributed by atoms with van der Waals surface area (Å²) >= 11 is 5.69. The average molecular weight is 452 g/mol. The Bertz CT molecular complexity index is 1060. The largest absolute Gasteiger partial charge is 0.433 e. The van der Waals surface area contributed by atoms with Crippen LogP contribution in [0.2, 0.25) is 5.15 Å². The minimum atomic E-state index is -4.63. The van der Waals surface area contributed by atoms with Gasteiger partial charge >= 0.3 is 6.18 Å². The smallest absolute Gasteiger partial charge is 0.348 e. The zero-order valence-electron chi connectivity index (χ0n) is 14.7. The van der Waals surface area contributed by atoms with Gasteiger partial charge in [-0.15, -0.1) is 0 Å². The topological polar surface area (TPSA) is 88.2 Å². The average Bonchev–Trinajstić information content (AvgIpc) is 2.59. The number of hydrogen-bond donors (Lipinski definition) is 2. The molecule has 0 atom stereocenters. The lowest BCUT2D eigenvalue weighted by atomic mass is 10.2. The molecule has 0 radical (unpaired) electrons. The van der Waals surface area contributed by atoms with Gasteiger partial charge in [-0.05, 0) is 35.9 Å². The Kier molecular flexibility index (Phi) is 6.85. The number of alkyl halides is 3. The van der Waals surface area contributed by atoms with Crippen LogP contribution in [0.3, 0.4) is 0 Å². The summed E-state index contributed by atoms with van der Waals surface area (Å²) in [5.74, 6) is -1.43. The second-order valence-electron chi connectivity index (χ2n) is 5.81. The van der Waals surface area contributed by atoms with Crippen LogP contribution in [0.25, 0.3) is 6.08 Å². The first-order chi connectivity index (χ1) is 13.3. The van der Waals surface area contributed by atoms with Gasteiger partial charge in [0.15, 0.2) is 0 Å². The van der Waals surface area contributed by atoms with Crippen LogP contribution in [0.5, 0.6) is 0 Å². The summed E-state index contributed by atoms with van der Waals surface area (Å²) in [6.07, 6.45) is -1.53. The number of nitrogens with zero attached hydrogens (tertiary/aromatic N) is 1. The van der Waals surface area contributed by atoms with Crippen LogP contribution in [-0.2, 0) is 27.5 Å². The van der Waals surface area contributed by atoms with Crippen molar-refractivity contribution in [2.24, 2.45) is 0 Å². The first-order valence-corrected chi connectivity index (χ1v) is 10.1. The van der Waals surface area contributed by atoms with Crippen molar-refractivity contribution in [2.75, 3.05) is 11.0 Å². The molecule has 12 heteroatoms. The molecule has 156 valence electrons. The minimum absolute atomic E-state index is 0.0712. The zero-order valence-corrected chi connectivity index (χ0v) is 16.3. The summed E-state index contributed by atoms with van der Waals surface area (Å²) < 4.78 is 75.8. The fourth-order valence-corrected chi connectivity index (χ4v) is 2.87. The van der Waals surface area contributed by atoms with Crippen LogP contribution in [0.4, 0.5) is 23.2 Å². The number of halogens is 5. The maximum absolute atomic E-state index is 13.9. The molecule has 0 aliphatic rings. The predicted octanol–water partition coefficient (Wildman–Crippen LogP) is 3.59. The maximum atomic E-state index is 13.9. The number of sulfonamides is 1. The van der Waals surface area contributed by atoms with E-state index in [1.807, 2.05) is 4.72 Å². The molecule has 0 unspecified atom stereocenters. The number of carbonyl (C=O) groups is 1. The molecule has 0 spiro atoms. The quantitative estimate of drug-likeness (QED) is 0.399. The van der Waals surface area contributed by atoms with Crippen molar-refractivity contribution in [3.8, 4) is 0 Å². The number of rotatable bonds is 6. The SMILES string of the molecule is CS(=O)(=O)Nc1ccc(CNC(=O)/C=C/c2ccc(C(F)(F)F)nc2Cl)cc1F. The number of nitrogens with one attached hydrogen (secondary N) is 2. The van der Waals surface area contributed by atoms with Crippen LogP contribution in [0.1, 0.15) is 16.8 Å². The van der Waals surface area contributed by atoms with E-state index in [4.69, 9.17) is 11.6 Å². The molecule has 0 bridgehead atoms. The second kappa shape index (κ2) is 8.78. The minimum Gasteiger partial charge on any atom is -0.348 e. The van der Waals surface area contributed by atoms with E-state index in [0.29, 0.717) is 5.56 Å². The molecule has 1 amide bonds. The van der Waals surface area contributed by atoms with Gasteiger partial charge in [0.05, 0.1) is 11.9 Å². The molecule has 1 aromatic carbocycles. The molecule has 0 saturated carbocycles. The van der Waals surface area contributed by atoms with Gasteiger partial charge in [0, 0.05) is 18.2 Å². The summed E-state index contributed by atoms with van der Waals surface area (Å²) in [5, 5.41) is 2.03. The monoisotopic (exact) mass is 451 g/mol. The van der Waals surface area contributed by atoms with E-state index < -0.39 is 38.8 Å². The van der Waals surface area contributed by atoms with Crippen molar-refractivity contribution >= 4 is 39.3 Å². The van der Waals surface area contributed by atoms with Gasteiger partial charge in [0.2, 0.25) is 15.9 Å². The van der Waals surface area contributed by atoms with E-state index in [-0.39, 0.29) is 17.8 Å². The molecule has 0 saturated heterocycles. The first-order valence-electron chi connectivity index (χ1n) is 7.81. The number of benzene rings is 1. The van der Waals surface area contributed by atoms with Gasteiger partial charge < -0.3 is 5.32 Å². The van der Waals surface area contributed by atoms with Crippen molar-refractivity contribution in [1.82, 2.24) is 10.3 Å². The Balaban J connectivity index is 1.99. The number of hydrogen-bond acceptors (Lipinski definition) is 4. The predicted molar refractivity (Wildman–Crippen MR) is 100.0 cm³/mol. The fourth-order valence-electron chi connectivity index (χ4n) is 2.09. The van der Waals surface area contributed by atoms with E-state index in [1.165, 1.54) is 18.2 Å². The van der Waals surface area contributed by atoms with E-state index >= 15 is 0 Å². The molecular weight excluding hydrogens is 438 g/mol. The molecule has 2 N–H and O–H groups in total. The molecule has 6 nitrogen and oxygen atoms in total. The van der Waals surface area contributed by atoms with Crippen molar-refractivity contribution < 1.29 is 30.8 Å². The van der Waals surface area contributed by atoms with Gasteiger partial charge in [-0.2, -0.15) is 13.2 Å². The highest BCUT2D eigenvalue weighted by Crippen LogP contribution is 2.29. The highest BCUT2D eigenvalue weighted by molar-refractivity contribution is 7.92. The Hall–Kier alpha value is -2.66. The van der Waals surface area contributed by atoms with E-state index in [1.54, 1.807) is 0 Å². The van der Waals surface area contributed by atoms with Crippen molar-refractivity contribution in [1.29, 1.82) is 0 Å². The maximum Gasteiger partial charge on any atom is 0.433 e. The standard InChI is InChI=1S/C17H14ClF4N3O3S/c1-29(27,28)25-13-5-2-10(8-12(13)19)9-23-15(26)7-4-11-3-6-14(17(20,21)22)24-16(11)18/h2-8,25H,9H2,1H3,(H,23,26)/b7-4+. The molecule has 1 aromatic heterocycles. The zero-order chi connectivity index (χ0) is 21.8. The van der Waals surface area contributed by atoms with Crippen molar-refractivity contribution in [2.45, 2.75) is 12.7 Å². The Morgan fingerprint density at radius 2 is 1.93 bits per heavy atom. The lowest BCUT2D eigenvalue weighted by Crippen LogP contribution is -2.20. The molecule has 1 heterocycles. The number of pyridine rings is 1. The van der Waals surface area contributed by atoms with Gasteiger partial charge in [-0.3, -0.25) is 9.52 Å². The van der Waals surface area contributed by atoms with Gasteiger partial charge in [-0.1, -0.05) is 17.7 Å². The van der Waals surface area contributed by atoms with Crippen LogP contribution in [0, 0.1) is 5.82 Å². The number of anilines is 1. The van der Waals surface area contributed by atoms with E-state index in [0.717, 1.165) is 30.5 Å². The molecule has 29 heavy (non-hydrogen) atoms. The third kappa shape index (κ3) is 7.02. The van der Waals surface area contributed by atoms with Crippen molar-refractivity contribution in [3.63, 3.8) is 0 Å². The second-order valence-corrected chi connectivity index (χ2v) is 7.92. The lowest BCUT2D eigenvalue weighted by Gasteiger charge is -2.08.